The predicted octanol–water partition coefficient (Wildman–Crippen LogP) is 2.47. The second-order valence-electron chi connectivity index (χ2n) is 4.53. The molecule has 1 aromatic carbocycles. The Kier molecular flexibility index (Phi) is 3.57. The molecule has 1 fully saturated rings. The Labute approximate surface area is 110 Å². The fourth-order valence-electron chi connectivity index (χ4n) is 2.30. The first-order valence-corrected chi connectivity index (χ1v) is 6.23. The van der Waals surface area contributed by atoms with E-state index in [1.54, 1.807) is 24.3 Å². The molecule has 1 aliphatic rings. The molecule has 0 bridgehead atoms. The Morgan fingerprint density at radius 2 is 1.83 bits per heavy atom. The maximum absolute atomic E-state index is 12.1. The zero-order chi connectivity index (χ0) is 13.2. The lowest BCUT2D eigenvalue weighted by Crippen LogP contribution is -2.52. The number of aliphatic carboxylic acids is 1. The summed E-state index contributed by atoms with van der Waals surface area (Å²) < 4.78 is 0. The van der Waals surface area contributed by atoms with Gasteiger partial charge >= 0.3 is 5.97 Å². The maximum atomic E-state index is 12.1. The van der Waals surface area contributed by atoms with E-state index >= 15 is 0 Å². The van der Waals surface area contributed by atoms with Crippen molar-refractivity contribution in [2.75, 3.05) is 0 Å². The van der Waals surface area contributed by atoms with Gasteiger partial charge in [-0.05, 0) is 25.0 Å². The molecule has 4 nitrogen and oxygen atoms in total. The summed E-state index contributed by atoms with van der Waals surface area (Å²) in [5.74, 6) is -1.40. The van der Waals surface area contributed by atoms with Crippen molar-refractivity contribution in [3.8, 4) is 0 Å². The highest BCUT2D eigenvalue weighted by Crippen LogP contribution is 2.30. The van der Waals surface area contributed by atoms with Crippen LogP contribution in [0.3, 0.4) is 0 Å². The van der Waals surface area contributed by atoms with Gasteiger partial charge in [-0.2, -0.15) is 0 Å². The first kappa shape index (κ1) is 12.9. The molecule has 0 aromatic heterocycles. The third-order valence-corrected chi connectivity index (χ3v) is 3.67. The van der Waals surface area contributed by atoms with E-state index in [2.05, 4.69) is 5.32 Å². The van der Waals surface area contributed by atoms with E-state index in [0.717, 1.165) is 12.8 Å². The molecule has 0 spiro atoms. The van der Waals surface area contributed by atoms with Crippen LogP contribution in [0.25, 0.3) is 0 Å². The molecular formula is C13H14ClNO3. The molecule has 1 amide bonds. The molecule has 0 unspecified atom stereocenters. The number of carboxylic acid groups (broad SMARTS) is 1. The van der Waals surface area contributed by atoms with Crippen LogP contribution < -0.4 is 5.32 Å². The van der Waals surface area contributed by atoms with Crippen LogP contribution >= 0.6 is 11.6 Å². The Morgan fingerprint density at radius 1 is 1.22 bits per heavy atom. The molecule has 0 radical (unpaired) electrons. The molecule has 96 valence electrons. The van der Waals surface area contributed by atoms with Gasteiger partial charge in [0.05, 0.1) is 10.6 Å². The van der Waals surface area contributed by atoms with Gasteiger partial charge in [-0.15, -0.1) is 0 Å². The van der Waals surface area contributed by atoms with Crippen LogP contribution in [0.5, 0.6) is 0 Å². The van der Waals surface area contributed by atoms with Crippen molar-refractivity contribution in [2.45, 2.75) is 31.2 Å². The number of carbonyl (C=O) groups excluding carboxylic acids is 1. The number of amides is 1. The molecule has 5 heteroatoms. The van der Waals surface area contributed by atoms with E-state index in [1.807, 2.05) is 0 Å². The molecule has 2 rings (SSSR count). The second kappa shape index (κ2) is 4.98. The van der Waals surface area contributed by atoms with Gasteiger partial charge in [-0.3, -0.25) is 4.79 Å². The quantitative estimate of drug-likeness (QED) is 0.884. The van der Waals surface area contributed by atoms with E-state index in [4.69, 9.17) is 11.6 Å². The Morgan fingerprint density at radius 3 is 2.39 bits per heavy atom. The summed E-state index contributed by atoms with van der Waals surface area (Å²) >= 11 is 5.92. The zero-order valence-corrected chi connectivity index (χ0v) is 10.5. The second-order valence-corrected chi connectivity index (χ2v) is 4.94. The van der Waals surface area contributed by atoms with Gasteiger partial charge in [0.1, 0.15) is 5.54 Å². The largest absolute Gasteiger partial charge is 0.480 e. The van der Waals surface area contributed by atoms with Gasteiger partial charge in [-0.1, -0.05) is 36.6 Å². The molecule has 0 heterocycles. The van der Waals surface area contributed by atoms with Gasteiger partial charge in [0.25, 0.3) is 5.91 Å². The molecule has 1 saturated carbocycles. The first-order valence-electron chi connectivity index (χ1n) is 5.86. The Hall–Kier alpha value is -1.55. The third-order valence-electron chi connectivity index (χ3n) is 3.34. The number of hydrogen-bond acceptors (Lipinski definition) is 2. The minimum atomic E-state index is -1.13. The van der Waals surface area contributed by atoms with E-state index in [9.17, 15) is 14.7 Å². The van der Waals surface area contributed by atoms with Gasteiger partial charge in [0, 0.05) is 0 Å². The fourth-order valence-corrected chi connectivity index (χ4v) is 2.52. The standard InChI is InChI=1S/C13H14ClNO3/c14-10-6-2-1-5-9(10)11(16)15-13(12(17)18)7-3-4-8-13/h1-2,5-6H,3-4,7-8H2,(H,15,16)(H,17,18). The van der Waals surface area contributed by atoms with Crippen molar-refractivity contribution >= 4 is 23.5 Å². The lowest BCUT2D eigenvalue weighted by Gasteiger charge is -2.25. The number of halogens is 1. The summed E-state index contributed by atoms with van der Waals surface area (Å²) in [6.45, 7) is 0. The number of hydrogen-bond donors (Lipinski definition) is 2. The van der Waals surface area contributed by atoms with E-state index in [0.29, 0.717) is 23.4 Å². The highest BCUT2D eigenvalue weighted by molar-refractivity contribution is 6.33. The molecule has 1 aliphatic carbocycles. The van der Waals surface area contributed by atoms with Gasteiger partial charge in [0.15, 0.2) is 0 Å². The number of carbonyl (C=O) groups is 2. The van der Waals surface area contributed by atoms with Gasteiger partial charge < -0.3 is 10.4 Å². The van der Waals surface area contributed by atoms with Crippen molar-refractivity contribution in [1.29, 1.82) is 0 Å². The van der Waals surface area contributed by atoms with Crippen LogP contribution in [0.4, 0.5) is 0 Å². The number of rotatable bonds is 3. The summed E-state index contributed by atoms with van der Waals surface area (Å²) in [6.07, 6.45) is 2.57. The summed E-state index contributed by atoms with van der Waals surface area (Å²) in [5, 5.41) is 12.2. The lowest BCUT2D eigenvalue weighted by molar-refractivity contribution is -0.144. The van der Waals surface area contributed by atoms with E-state index in [1.165, 1.54) is 0 Å². The minimum absolute atomic E-state index is 0.312. The highest BCUT2D eigenvalue weighted by Gasteiger charge is 2.42. The van der Waals surface area contributed by atoms with E-state index < -0.39 is 17.4 Å². The molecule has 0 atom stereocenters. The third kappa shape index (κ3) is 2.34. The van der Waals surface area contributed by atoms with Crippen LogP contribution in [-0.4, -0.2) is 22.5 Å². The number of carboxylic acids is 1. The predicted molar refractivity (Wildman–Crippen MR) is 67.8 cm³/mol. The van der Waals surface area contributed by atoms with Crippen molar-refractivity contribution in [3.05, 3.63) is 34.9 Å². The first-order chi connectivity index (χ1) is 8.55. The average molecular weight is 268 g/mol. The lowest BCUT2D eigenvalue weighted by atomic mass is 9.97. The normalized spacial score (nSPS) is 17.4. The van der Waals surface area contributed by atoms with Crippen molar-refractivity contribution < 1.29 is 14.7 Å². The van der Waals surface area contributed by atoms with Gasteiger partial charge in [0.2, 0.25) is 0 Å². The fraction of sp³-hybridized carbons (Fsp3) is 0.385. The van der Waals surface area contributed by atoms with Crippen LogP contribution in [-0.2, 0) is 4.79 Å². The van der Waals surface area contributed by atoms with Crippen LogP contribution in [0.2, 0.25) is 5.02 Å². The molecule has 1 aromatic rings. The van der Waals surface area contributed by atoms with Gasteiger partial charge in [-0.25, -0.2) is 4.79 Å². The topological polar surface area (TPSA) is 66.4 Å². The molecule has 0 saturated heterocycles. The summed E-state index contributed by atoms with van der Waals surface area (Å²) in [6, 6.07) is 6.62. The van der Waals surface area contributed by atoms with Crippen LogP contribution in [0.1, 0.15) is 36.0 Å². The molecule has 2 N–H and O–H groups in total. The summed E-state index contributed by atoms with van der Waals surface area (Å²) in [5.41, 5.74) is -0.817. The summed E-state index contributed by atoms with van der Waals surface area (Å²) in [4.78, 5) is 23.4. The number of nitrogens with one attached hydrogen (secondary N) is 1. The maximum Gasteiger partial charge on any atom is 0.329 e. The van der Waals surface area contributed by atoms with Crippen LogP contribution in [0, 0.1) is 0 Å². The Bertz CT molecular complexity index is 481. The highest BCUT2D eigenvalue weighted by atomic mass is 35.5. The van der Waals surface area contributed by atoms with Crippen molar-refractivity contribution in [3.63, 3.8) is 0 Å². The van der Waals surface area contributed by atoms with Crippen molar-refractivity contribution in [2.24, 2.45) is 0 Å². The SMILES string of the molecule is O=C(NC1(C(=O)O)CCCC1)c1ccccc1Cl. The summed E-state index contributed by atoms with van der Waals surface area (Å²) in [7, 11) is 0. The van der Waals surface area contributed by atoms with Crippen LogP contribution in [0.15, 0.2) is 24.3 Å². The smallest absolute Gasteiger partial charge is 0.329 e. The monoisotopic (exact) mass is 267 g/mol. The Balaban J connectivity index is 2.21. The minimum Gasteiger partial charge on any atom is -0.480 e. The molecule has 18 heavy (non-hydrogen) atoms. The number of benzene rings is 1. The average Bonchev–Trinajstić information content (AvgIpc) is 2.79. The zero-order valence-electron chi connectivity index (χ0n) is 9.78. The van der Waals surface area contributed by atoms with Crippen molar-refractivity contribution in [1.82, 2.24) is 5.32 Å². The molecule has 0 aliphatic heterocycles. The van der Waals surface area contributed by atoms with E-state index in [-0.39, 0.29) is 0 Å². The molecular weight excluding hydrogens is 254 g/mol.